The Kier molecular flexibility index (Phi) is 8.00. The van der Waals surface area contributed by atoms with Crippen molar-refractivity contribution in [3.05, 3.63) is 99.4 Å². The number of aliphatic hydroxyl groups is 1. The standard InChI is InChI=1S/C24H23F3N6O3/c1-14(17-7-4-8-18(22(17)25)24(26,27)13-34)31-23(36)19-9-10-21(35)33(32-19)16-6-3-5-15(11-16)20(29-2)12-30-28/h3-12,14,28-29,34H,13H2,1-2H3,(H,31,36)/b20-12-,30-28?/t14-/m1/s1. The van der Waals surface area contributed by atoms with Gasteiger partial charge in [-0.2, -0.15) is 23.7 Å². The molecule has 0 bridgehead atoms. The molecule has 1 heterocycles. The summed E-state index contributed by atoms with van der Waals surface area (Å²) in [7, 11) is 1.64. The summed E-state index contributed by atoms with van der Waals surface area (Å²) in [4.78, 5) is 25.3. The molecule has 0 saturated carbocycles. The van der Waals surface area contributed by atoms with Crippen molar-refractivity contribution < 1.29 is 23.1 Å². The molecule has 0 unspecified atom stereocenters. The smallest absolute Gasteiger partial charge is 0.298 e. The molecule has 0 aliphatic carbocycles. The van der Waals surface area contributed by atoms with Gasteiger partial charge in [0.05, 0.1) is 29.2 Å². The zero-order valence-corrected chi connectivity index (χ0v) is 19.3. The highest BCUT2D eigenvalue weighted by Crippen LogP contribution is 2.32. The third-order valence-corrected chi connectivity index (χ3v) is 5.33. The lowest BCUT2D eigenvalue weighted by molar-refractivity contribution is -0.0584. The SMILES string of the molecule is CN/C(=C\N=N)c1cccc(-n2nc(C(=O)N[C@H](C)c3cccc(C(F)(F)CO)c3F)ccc2=O)c1. The number of benzene rings is 2. The Bertz CT molecular complexity index is 1370. The van der Waals surface area contributed by atoms with Crippen molar-refractivity contribution in [1.82, 2.24) is 20.4 Å². The highest BCUT2D eigenvalue weighted by Gasteiger charge is 2.35. The van der Waals surface area contributed by atoms with Crippen LogP contribution in [0.2, 0.25) is 0 Å². The third-order valence-electron chi connectivity index (χ3n) is 5.33. The van der Waals surface area contributed by atoms with E-state index in [9.17, 15) is 22.8 Å². The van der Waals surface area contributed by atoms with Gasteiger partial charge >= 0.3 is 0 Å². The Hall–Kier alpha value is -4.32. The predicted octanol–water partition coefficient (Wildman–Crippen LogP) is 3.50. The molecule has 188 valence electrons. The first-order valence-corrected chi connectivity index (χ1v) is 10.7. The maximum Gasteiger partial charge on any atom is 0.298 e. The van der Waals surface area contributed by atoms with Crippen LogP contribution in [0.15, 0.2) is 70.7 Å². The number of nitrogens with one attached hydrogen (secondary N) is 3. The highest BCUT2D eigenvalue weighted by molar-refractivity contribution is 5.92. The first kappa shape index (κ1) is 26.3. The summed E-state index contributed by atoms with van der Waals surface area (Å²) in [6.45, 7) is -0.163. The van der Waals surface area contributed by atoms with Crippen molar-refractivity contribution in [3.63, 3.8) is 0 Å². The fourth-order valence-corrected chi connectivity index (χ4v) is 3.47. The molecule has 3 rings (SSSR count). The Morgan fingerprint density at radius 1 is 1.25 bits per heavy atom. The number of alkyl halides is 2. The predicted molar refractivity (Wildman–Crippen MR) is 125 cm³/mol. The first-order chi connectivity index (χ1) is 17.1. The van der Waals surface area contributed by atoms with E-state index in [1.165, 1.54) is 31.3 Å². The van der Waals surface area contributed by atoms with Gasteiger partial charge < -0.3 is 15.7 Å². The van der Waals surface area contributed by atoms with Gasteiger partial charge in [-0.1, -0.05) is 24.3 Å². The van der Waals surface area contributed by atoms with Gasteiger partial charge in [-0.3, -0.25) is 9.59 Å². The van der Waals surface area contributed by atoms with Crippen molar-refractivity contribution in [3.8, 4) is 5.69 Å². The lowest BCUT2D eigenvalue weighted by Crippen LogP contribution is -2.31. The van der Waals surface area contributed by atoms with Crippen LogP contribution in [0, 0.1) is 11.3 Å². The Balaban J connectivity index is 1.91. The van der Waals surface area contributed by atoms with Crippen LogP contribution in [0.5, 0.6) is 0 Å². The van der Waals surface area contributed by atoms with Gasteiger partial charge in [0.15, 0.2) is 0 Å². The van der Waals surface area contributed by atoms with E-state index < -0.39 is 41.4 Å². The summed E-state index contributed by atoms with van der Waals surface area (Å²) in [5, 5.41) is 21.6. The summed E-state index contributed by atoms with van der Waals surface area (Å²) in [5.74, 6) is -5.80. The largest absolute Gasteiger partial charge is 0.390 e. The van der Waals surface area contributed by atoms with E-state index in [0.717, 1.165) is 16.8 Å². The molecule has 12 heteroatoms. The zero-order chi connectivity index (χ0) is 26.5. The number of aliphatic hydroxyl groups excluding tert-OH is 1. The third kappa shape index (κ3) is 5.49. The number of hydrogen-bond acceptors (Lipinski definition) is 7. The van der Waals surface area contributed by atoms with Gasteiger partial charge in [0, 0.05) is 24.2 Å². The van der Waals surface area contributed by atoms with E-state index in [0.29, 0.717) is 16.9 Å². The molecule has 0 radical (unpaired) electrons. The van der Waals surface area contributed by atoms with E-state index in [2.05, 4.69) is 20.8 Å². The van der Waals surface area contributed by atoms with E-state index in [4.69, 9.17) is 10.6 Å². The van der Waals surface area contributed by atoms with Crippen molar-refractivity contribution in [2.75, 3.05) is 13.7 Å². The molecule has 0 saturated heterocycles. The van der Waals surface area contributed by atoms with E-state index in [1.807, 2.05) is 0 Å². The van der Waals surface area contributed by atoms with Gasteiger partial charge in [0.1, 0.15) is 18.1 Å². The zero-order valence-electron chi connectivity index (χ0n) is 19.3. The number of hydrogen-bond donors (Lipinski definition) is 4. The van der Waals surface area contributed by atoms with Gasteiger partial charge in [-0.05, 0) is 31.2 Å². The van der Waals surface area contributed by atoms with E-state index in [1.54, 1.807) is 31.3 Å². The van der Waals surface area contributed by atoms with Crippen LogP contribution in [0.4, 0.5) is 13.2 Å². The molecule has 36 heavy (non-hydrogen) atoms. The Morgan fingerprint density at radius 3 is 2.64 bits per heavy atom. The van der Waals surface area contributed by atoms with Gasteiger partial charge in [0.25, 0.3) is 17.4 Å². The van der Waals surface area contributed by atoms with E-state index in [-0.39, 0.29) is 11.3 Å². The second-order valence-electron chi connectivity index (χ2n) is 7.71. The van der Waals surface area contributed by atoms with Crippen LogP contribution in [0.1, 0.15) is 40.1 Å². The Labute approximate surface area is 203 Å². The normalized spacial score (nSPS) is 12.7. The minimum atomic E-state index is -3.79. The summed E-state index contributed by atoms with van der Waals surface area (Å²) in [5.41, 5.74) is 6.59. The number of carbonyl (C=O) groups is 1. The van der Waals surface area contributed by atoms with Crippen LogP contribution >= 0.6 is 0 Å². The lowest BCUT2D eigenvalue weighted by Gasteiger charge is -2.20. The Morgan fingerprint density at radius 2 is 1.97 bits per heavy atom. The van der Waals surface area contributed by atoms with Crippen LogP contribution < -0.4 is 16.2 Å². The number of halogens is 3. The molecule has 9 nitrogen and oxygen atoms in total. The van der Waals surface area contributed by atoms with Gasteiger partial charge in [0.2, 0.25) is 0 Å². The second kappa shape index (κ2) is 11.0. The van der Waals surface area contributed by atoms with Crippen molar-refractivity contribution in [2.45, 2.75) is 18.9 Å². The maximum absolute atomic E-state index is 14.8. The van der Waals surface area contributed by atoms with Crippen molar-refractivity contribution >= 4 is 11.6 Å². The van der Waals surface area contributed by atoms with Crippen LogP contribution in [0.25, 0.3) is 11.4 Å². The molecule has 1 aromatic heterocycles. The van der Waals surface area contributed by atoms with Crippen molar-refractivity contribution in [1.29, 1.82) is 5.53 Å². The molecule has 0 aliphatic rings. The topological polar surface area (TPSA) is 132 Å². The number of rotatable bonds is 9. The fraction of sp³-hybridized carbons (Fsp3) is 0.208. The number of aromatic nitrogens is 2. The average molecular weight is 500 g/mol. The number of nitrogens with zero attached hydrogens (tertiary/aromatic N) is 3. The van der Waals surface area contributed by atoms with Crippen LogP contribution in [-0.4, -0.2) is 34.4 Å². The molecule has 2 aromatic carbocycles. The van der Waals surface area contributed by atoms with Gasteiger partial charge in [-0.25, -0.2) is 9.92 Å². The molecule has 1 amide bonds. The van der Waals surface area contributed by atoms with Crippen LogP contribution in [0.3, 0.4) is 0 Å². The monoisotopic (exact) mass is 500 g/mol. The maximum atomic E-state index is 14.8. The molecular weight excluding hydrogens is 477 g/mol. The number of amides is 1. The molecule has 0 aliphatic heterocycles. The average Bonchev–Trinajstić information content (AvgIpc) is 2.87. The highest BCUT2D eigenvalue weighted by atomic mass is 19.3. The molecular formula is C24H23F3N6O3. The molecule has 0 fully saturated rings. The fourth-order valence-electron chi connectivity index (χ4n) is 3.47. The molecule has 4 N–H and O–H groups in total. The van der Waals surface area contributed by atoms with Crippen molar-refractivity contribution in [2.24, 2.45) is 5.11 Å². The lowest BCUT2D eigenvalue weighted by atomic mass is 10.0. The minimum Gasteiger partial charge on any atom is -0.390 e. The van der Waals surface area contributed by atoms with E-state index >= 15 is 0 Å². The summed E-state index contributed by atoms with van der Waals surface area (Å²) in [6.07, 6.45) is 1.28. The molecule has 0 spiro atoms. The number of carbonyl (C=O) groups excluding carboxylic acids is 1. The van der Waals surface area contributed by atoms with Gasteiger partial charge in [-0.15, -0.1) is 0 Å². The summed E-state index contributed by atoms with van der Waals surface area (Å²) < 4.78 is 43.5. The van der Waals surface area contributed by atoms with Crippen LogP contribution in [-0.2, 0) is 5.92 Å². The minimum absolute atomic E-state index is 0.172. The molecule has 1 atom stereocenters. The second-order valence-corrected chi connectivity index (χ2v) is 7.71. The quantitative estimate of drug-likeness (QED) is 0.334. The summed E-state index contributed by atoms with van der Waals surface area (Å²) in [6, 6.07) is 11.2. The first-order valence-electron chi connectivity index (χ1n) is 10.7. The summed E-state index contributed by atoms with van der Waals surface area (Å²) >= 11 is 0. The molecule has 3 aromatic rings.